The second kappa shape index (κ2) is 22.0. The summed E-state index contributed by atoms with van der Waals surface area (Å²) in [6.45, 7) is 4.85. The first-order valence-electron chi connectivity index (χ1n) is 11.8. The summed E-state index contributed by atoms with van der Waals surface area (Å²) in [6, 6.07) is 0. The van der Waals surface area contributed by atoms with E-state index in [0.29, 0.717) is 13.2 Å². The second-order valence-electron chi connectivity index (χ2n) is 7.66. The summed E-state index contributed by atoms with van der Waals surface area (Å²) in [5.41, 5.74) is 0. The van der Waals surface area contributed by atoms with Crippen LogP contribution in [0.4, 0.5) is 4.79 Å². The predicted octanol–water partition coefficient (Wildman–Crippen LogP) is 6.54. The molecule has 0 heterocycles. The molecule has 166 valence electrons. The van der Waals surface area contributed by atoms with Gasteiger partial charge < -0.3 is 14.8 Å². The number of hydrogen-bond acceptors (Lipinski definition) is 4. The lowest BCUT2D eigenvalue weighted by Gasteiger charge is -2.07. The Balaban J connectivity index is 3.19. The normalized spacial score (nSPS) is 10.6. The first-order chi connectivity index (χ1) is 13.7. The van der Waals surface area contributed by atoms with E-state index in [-0.39, 0.29) is 6.54 Å². The molecule has 28 heavy (non-hydrogen) atoms. The van der Waals surface area contributed by atoms with Crippen LogP contribution in [0.3, 0.4) is 0 Å². The molecule has 0 spiro atoms. The molecule has 0 aromatic heterocycles. The van der Waals surface area contributed by atoms with E-state index < -0.39 is 12.1 Å². The van der Waals surface area contributed by atoms with Crippen molar-refractivity contribution in [2.24, 2.45) is 0 Å². The summed E-state index contributed by atoms with van der Waals surface area (Å²) >= 11 is 0. The van der Waals surface area contributed by atoms with E-state index in [2.05, 4.69) is 12.2 Å². The van der Waals surface area contributed by atoms with Gasteiger partial charge in [-0.3, -0.25) is 4.79 Å². The van der Waals surface area contributed by atoms with Gasteiger partial charge in [0.15, 0.2) is 0 Å². The number of carbonyl (C=O) groups excluding carboxylic acids is 2. The Morgan fingerprint density at radius 2 is 1.04 bits per heavy atom. The predicted molar refractivity (Wildman–Crippen MR) is 116 cm³/mol. The Morgan fingerprint density at radius 1 is 0.571 bits per heavy atom. The molecule has 0 unspecified atom stereocenters. The lowest BCUT2D eigenvalue weighted by Crippen LogP contribution is -2.31. The van der Waals surface area contributed by atoms with Gasteiger partial charge in [-0.15, -0.1) is 0 Å². The van der Waals surface area contributed by atoms with Crippen LogP contribution in [0.25, 0.3) is 0 Å². The molecule has 5 nitrogen and oxygen atoms in total. The van der Waals surface area contributed by atoms with Gasteiger partial charge in [-0.1, -0.05) is 104 Å². The van der Waals surface area contributed by atoms with Gasteiger partial charge in [-0.05, 0) is 12.8 Å². The molecule has 0 bridgehead atoms. The zero-order valence-electron chi connectivity index (χ0n) is 18.6. The molecule has 5 heteroatoms. The fourth-order valence-corrected chi connectivity index (χ4v) is 3.10. The minimum Gasteiger partial charge on any atom is -0.464 e. The number of amides is 1. The molecule has 0 rings (SSSR count). The van der Waals surface area contributed by atoms with Gasteiger partial charge in [0.25, 0.3) is 0 Å². The molecule has 1 N–H and O–H groups in total. The molecule has 0 aliphatic rings. The van der Waals surface area contributed by atoms with Gasteiger partial charge in [-0.25, -0.2) is 4.79 Å². The van der Waals surface area contributed by atoms with E-state index >= 15 is 0 Å². The van der Waals surface area contributed by atoms with Crippen molar-refractivity contribution in [3.63, 3.8) is 0 Å². The molecule has 0 saturated carbocycles. The highest BCUT2D eigenvalue weighted by Gasteiger charge is 2.06. The summed E-state index contributed by atoms with van der Waals surface area (Å²) in [4.78, 5) is 22.7. The Morgan fingerprint density at radius 3 is 1.50 bits per heavy atom. The number of esters is 1. The number of ether oxygens (including phenoxy) is 2. The molecule has 0 saturated heterocycles. The van der Waals surface area contributed by atoms with Crippen molar-refractivity contribution in [1.29, 1.82) is 0 Å². The van der Waals surface area contributed by atoms with Gasteiger partial charge in [0.2, 0.25) is 0 Å². The van der Waals surface area contributed by atoms with Crippen LogP contribution in [0.1, 0.15) is 117 Å². The van der Waals surface area contributed by atoms with Gasteiger partial charge in [0.05, 0.1) is 13.2 Å². The van der Waals surface area contributed by atoms with Crippen molar-refractivity contribution in [3.8, 4) is 0 Å². The summed E-state index contributed by atoms with van der Waals surface area (Å²) in [6.07, 6.45) is 19.9. The minimum absolute atomic E-state index is 0.124. The van der Waals surface area contributed by atoms with E-state index in [0.717, 1.165) is 19.3 Å². The van der Waals surface area contributed by atoms with E-state index in [1.165, 1.54) is 83.5 Å². The summed E-state index contributed by atoms with van der Waals surface area (Å²) in [7, 11) is 0. The number of rotatable bonds is 20. The summed E-state index contributed by atoms with van der Waals surface area (Å²) < 4.78 is 9.92. The lowest BCUT2D eigenvalue weighted by molar-refractivity contribution is -0.142. The Bertz CT molecular complexity index is 361. The average molecular weight is 400 g/mol. The summed E-state index contributed by atoms with van der Waals surface area (Å²) in [5.74, 6) is -0.404. The average Bonchev–Trinajstić information content (AvgIpc) is 2.70. The number of carbonyl (C=O) groups is 2. The highest BCUT2D eigenvalue weighted by atomic mass is 16.6. The fourth-order valence-electron chi connectivity index (χ4n) is 3.10. The molecule has 0 aromatic carbocycles. The number of hydrogen-bond donors (Lipinski definition) is 1. The van der Waals surface area contributed by atoms with E-state index in [9.17, 15) is 9.59 Å². The molecule has 1 amide bonds. The van der Waals surface area contributed by atoms with Crippen LogP contribution >= 0.6 is 0 Å². The molecular formula is C23H45NO4. The van der Waals surface area contributed by atoms with Crippen molar-refractivity contribution in [2.45, 2.75) is 117 Å². The third kappa shape index (κ3) is 21.0. The van der Waals surface area contributed by atoms with Crippen LogP contribution in [-0.2, 0) is 14.3 Å². The van der Waals surface area contributed by atoms with E-state index in [4.69, 9.17) is 9.47 Å². The maximum atomic E-state index is 11.5. The van der Waals surface area contributed by atoms with Crippen LogP contribution in [0, 0.1) is 0 Å². The maximum absolute atomic E-state index is 11.5. The topological polar surface area (TPSA) is 64.6 Å². The monoisotopic (exact) mass is 399 g/mol. The Kier molecular flexibility index (Phi) is 21.0. The first kappa shape index (κ1) is 26.7. The molecular weight excluding hydrogens is 354 g/mol. The third-order valence-corrected chi connectivity index (χ3v) is 4.83. The van der Waals surface area contributed by atoms with Crippen LogP contribution in [0.5, 0.6) is 0 Å². The van der Waals surface area contributed by atoms with Gasteiger partial charge in [0, 0.05) is 0 Å². The standard InChI is InChI=1S/C23H45NO4/c1-3-5-6-7-8-9-10-11-12-13-14-15-16-17-18-20-27-22(25)21-24-23(26)28-19-4-2/h3-21H2,1-2H3,(H,24,26). The molecule has 0 radical (unpaired) electrons. The molecule has 0 aliphatic carbocycles. The smallest absolute Gasteiger partial charge is 0.407 e. The Hall–Kier alpha value is -1.26. The van der Waals surface area contributed by atoms with Crippen molar-refractivity contribution in [1.82, 2.24) is 5.32 Å². The third-order valence-electron chi connectivity index (χ3n) is 4.83. The van der Waals surface area contributed by atoms with Crippen molar-refractivity contribution >= 4 is 12.1 Å². The zero-order valence-corrected chi connectivity index (χ0v) is 18.6. The number of alkyl carbamates (subject to hydrolysis) is 1. The lowest BCUT2D eigenvalue weighted by atomic mass is 10.0. The van der Waals surface area contributed by atoms with Crippen LogP contribution in [0.15, 0.2) is 0 Å². The number of nitrogens with one attached hydrogen (secondary N) is 1. The molecule has 0 atom stereocenters. The zero-order chi connectivity index (χ0) is 20.7. The summed E-state index contributed by atoms with van der Waals surface area (Å²) in [5, 5.41) is 2.39. The second-order valence-corrected chi connectivity index (χ2v) is 7.66. The molecule has 0 fully saturated rings. The van der Waals surface area contributed by atoms with Crippen molar-refractivity contribution in [3.05, 3.63) is 0 Å². The van der Waals surface area contributed by atoms with Crippen molar-refractivity contribution < 1.29 is 19.1 Å². The van der Waals surface area contributed by atoms with E-state index in [1.54, 1.807) is 0 Å². The highest BCUT2D eigenvalue weighted by Crippen LogP contribution is 2.13. The van der Waals surface area contributed by atoms with Crippen LogP contribution in [0.2, 0.25) is 0 Å². The van der Waals surface area contributed by atoms with Gasteiger partial charge in [0.1, 0.15) is 6.54 Å². The first-order valence-corrected chi connectivity index (χ1v) is 11.8. The fraction of sp³-hybridized carbons (Fsp3) is 0.913. The number of unbranched alkanes of at least 4 members (excludes halogenated alkanes) is 14. The molecule has 0 aromatic rings. The van der Waals surface area contributed by atoms with Crippen LogP contribution in [-0.4, -0.2) is 31.8 Å². The van der Waals surface area contributed by atoms with Crippen molar-refractivity contribution in [2.75, 3.05) is 19.8 Å². The largest absolute Gasteiger partial charge is 0.464 e. The highest BCUT2D eigenvalue weighted by molar-refractivity contribution is 5.77. The van der Waals surface area contributed by atoms with Gasteiger partial charge >= 0.3 is 12.1 Å². The van der Waals surface area contributed by atoms with Gasteiger partial charge in [-0.2, -0.15) is 0 Å². The Labute approximate surface area is 173 Å². The quantitative estimate of drug-likeness (QED) is 0.186. The molecule has 0 aliphatic heterocycles. The van der Waals surface area contributed by atoms with E-state index in [1.807, 2.05) is 6.92 Å². The van der Waals surface area contributed by atoms with Crippen LogP contribution < -0.4 is 5.32 Å². The maximum Gasteiger partial charge on any atom is 0.407 e. The minimum atomic E-state index is -0.564. The SMILES string of the molecule is CCCCCCCCCCCCCCCCCOC(=O)CNC(=O)OCCC.